The largest absolute Gasteiger partial charge is 0.328 e. The highest BCUT2D eigenvalue weighted by molar-refractivity contribution is 6.00. The number of para-hydroxylation sites is 1. The van der Waals surface area contributed by atoms with Gasteiger partial charge in [0.05, 0.1) is 10.5 Å². The van der Waals surface area contributed by atoms with E-state index in [0.717, 1.165) is 16.8 Å². The number of carbonyl (C=O) groups is 1. The molecule has 3 aromatic rings. The Kier molecular flexibility index (Phi) is 4.47. The van der Waals surface area contributed by atoms with Crippen molar-refractivity contribution in [2.24, 2.45) is 5.41 Å². The molecule has 2 aromatic carbocycles. The molecule has 5 rings (SSSR count). The highest BCUT2D eigenvalue weighted by Crippen LogP contribution is 2.47. The van der Waals surface area contributed by atoms with Crippen molar-refractivity contribution >= 4 is 17.4 Å². The average Bonchev–Trinajstić information content (AvgIpc) is 3.15. The number of carbonyl (C=O) groups excluding carboxylic acids is 1. The standard InChI is InChI=1S/C24H23N5O3/c1-14-8-4-5-9-15(14)22-26-23-25-17-12-24(2,3)13-19(30)20(17)21(28(23)27-22)16-10-6-7-11-18(16)29(31)32/h4-11,21H,12-13H2,1-3H3,(H,25,26,27). The highest BCUT2D eigenvalue weighted by atomic mass is 16.6. The molecular formula is C24H23N5O3. The predicted molar refractivity (Wildman–Crippen MR) is 120 cm³/mol. The summed E-state index contributed by atoms with van der Waals surface area (Å²) in [6.45, 7) is 6.08. The zero-order valence-corrected chi connectivity index (χ0v) is 18.1. The first-order valence-corrected chi connectivity index (χ1v) is 10.5. The molecule has 1 aromatic heterocycles. The summed E-state index contributed by atoms with van der Waals surface area (Å²) in [5.74, 6) is 0.974. The number of aromatic nitrogens is 3. The Bertz CT molecular complexity index is 1300. The Labute approximate surface area is 185 Å². The number of anilines is 1. The maximum Gasteiger partial charge on any atom is 0.275 e. The van der Waals surface area contributed by atoms with Gasteiger partial charge in [0.1, 0.15) is 6.04 Å². The fraction of sp³-hybridized carbons (Fsp3) is 0.292. The zero-order valence-electron chi connectivity index (χ0n) is 18.1. The number of ketones is 1. The van der Waals surface area contributed by atoms with Crippen LogP contribution in [0.25, 0.3) is 11.4 Å². The molecule has 0 spiro atoms. The molecule has 1 unspecified atom stereocenters. The average molecular weight is 429 g/mol. The van der Waals surface area contributed by atoms with Crippen molar-refractivity contribution in [1.82, 2.24) is 14.8 Å². The number of benzene rings is 2. The first-order valence-electron chi connectivity index (χ1n) is 10.5. The van der Waals surface area contributed by atoms with Crippen LogP contribution in [0.1, 0.15) is 43.9 Å². The van der Waals surface area contributed by atoms with Gasteiger partial charge in [-0.15, -0.1) is 5.10 Å². The molecule has 0 radical (unpaired) electrons. The Hall–Kier alpha value is -3.81. The highest BCUT2D eigenvalue weighted by Gasteiger charge is 2.43. The van der Waals surface area contributed by atoms with Crippen LogP contribution in [0, 0.1) is 22.5 Å². The lowest BCUT2D eigenvalue weighted by atomic mass is 9.73. The summed E-state index contributed by atoms with van der Waals surface area (Å²) >= 11 is 0. The van der Waals surface area contributed by atoms with Crippen molar-refractivity contribution in [2.45, 2.75) is 39.7 Å². The zero-order chi connectivity index (χ0) is 22.6. The van der Waals surface area contributed by atoms with Gasteiger partial charge in [-0.3, -0.25) is 14.9 Å². The molecule has 0 saturated heterocycles. The van der Waals surface area contributed by atoms with Gasteiger partial charge < -0.3 is 5.32 Å². The van der Waals surface area contributed by atoms with E-state index in [1.807, 2.05) is 31.2 Å². The Morgan fingerprint density at radius 2 is 1.84 bits per heavy atom. The summed E-state index contributed by atoms with van der Waals surface area (Å²) in [4.78, 5) is 29.5. The van der Waals surface area contributed by atoms with Gasteiger partial charge in [-0.25, -0.2) is 4.68 Å². The molecule has 0 amide bonds. The quantitative estimate of drug-likeness (QED) is 0.473. The third-order valence-corrected chi connectivity index (χ3v) is 6.15. The van der Waals surface area contributed by atoms with Crippen molar-refractivity contribution in [3.8, 4) is 11.4 Å². The van der Waals surface area contributed by atoms with Crippen LogP contribution in [0.15, 0.2) is 59.8 Å². The molecule has 0 saturated carbocycles. The summed E-state index contributed by atoms with van der Waals surface area (Å²) in [5, 5.41) is 19.9. The van der Waals surface area contributed by atoms with Gasteiger partial charge in [0, 0.05) is 29.3 Å². The molecule has 2 aliphatic rings. The minimum atomic E-state index is -0.711. The van der Waals surface area contributed by atoms with Crippen LogP contribution in [-0.2, 0) is 4.79 Å². The van der Waals surface area contributed by atoms with Crippen molar-refractivity contribution < 1.29 is 9.72 Å². The maximum absolute atomic E-state index is 13.3. The second-order valence-electron chi connectivity index (χ2n) is 9.20. The van der Waals surface area contributed by atoms with Crippen LogP contribution >= 0.6 is 0 Å². The normalized spacial score (nSPS) is 19.2. The van der Waals surface area contributed by atoms with Gasteiger partial charge in [0.15, 0.2) is 11.6 Å². The van der Waals surface area contributed by atoms with E-state index < -0.39 is 11.0 Å². The Morgan fingerprint density at radius 1 is 1.12 bits per heavy atom. The molecule has 1 atom stereocenters. The first kappa shape index (κ1) is 20.1. The second-order valence-corrected chi connectivity index (χ2v) is 9.20. The van der Waals surface area contributed by atoms with E-state index in [9.17, 15) is 14.9 Å². The lowest BCUT2D eigenvalue weighted by Crippen LogP contribution is -2.36. The van der Waals surface area contributed by atoms with Crippen molar-refractivity contribution in [3.05, 3.63) is 81.0 Å². The molecule has 0 fully saturated rings. The minimum absolute atomic E-state index is 0.0227. The number of aryl methyl sites for hydroxylation is 1. The topological polar surface area (TPSA) is 103 Å². The van der Waals surface area contributed by atoms with E-state index in [2.05, 4.69) is 19.2 Å². The predicted octanol–water partition coefficient (Wildman–Crippen LogP) is 4.82. The van der Waals surface area contributed by atoms with Gasteiger partial charge in [-0.05, 0) is 30.4 Å². The maximum atomic E-state index is 13.3. The molecule has 8 nitrogen and oxygen atoms in total. The second kappa shape index (κ2) is 7.12. The lowest BCUT2D eigenvalue weighted by molar-refractivity contribution is -0.385. The molecule has 1 aliphatic carbocycles. The van der Waals surface area contributed by atoms with E-state index in [1.54, 1.807) is 22.9 Å². The van der Waals surface area contributed by atoms with Crippen LogP contribution in [-0.4, -0.2) is 25.5 Å². The smallest absolute Gasteiger partial charge is 0.275 e. The number of nitro groups is 1. The minimum Gasteiger partial charge on any atom is -0.328 e. The number of rotatable bonds is 3. The van der Waals surface area contributed by atoms with Gasteiger partial charge in [0.2, 0.25) is 5.95 Å². The summed E-state index contributed by atoms with van der Waals surface area (Å²) in [5.41, 5.74) is 3.38. The van der Waals surface area contributed by atoms with Crippen LogP contribution in [0.5, 0.6) is 0 Å². The Morgan fingerprint density at radius 3 is 2.59 bits per heavy atom. The van der Waals surface area contributed by atoms with Crippen LogP contribution in [0.3, 0.4) is 0 Å². The van der Waals surface area contributed by atoms with Gasteiger partial charge in [-0.2, -0.15) is 4.98 Å². The third kappa shape index (κ3) is 3.19. The van der Waals surface area contributed by atoms with Crippen LogP contribution in [0.2, 0.25) is 0 Å². The summed E-state index contributed by atoms with van der Waals surface area (Å²) in [6, 6.07) is 13.6. The summed E-state index contributed by atoms with van der Waals surface area (Å²) < 4.78 is 1.62. The monoisotopic (exact) mass is 429 g/mol. The van der Waals surface area contributed by atoms with Crippen LogP contribution < -0.4 is 5.32 Å². The number of hydrogen-bond donors (Lipinski definition) is 1. The third-order valence-electron chi connectivity index (χ3n) is 6.15. The molecular weight excluding hydrogens is 406 g/mol. The number of fused-ring (bicyclic) bond motifs is 1. The number of nitrogens with one attached hydrogen (secondary N) is 1. The van der Waals surface area contributed by atoms with Crippen molar-refractivity contribution in [2.75, 3.05) is 5.32 Å². The molecule has 1 N–H and O–H groups in total. The van der Waals surface area contributed by atoms with Gasteiger partial charge in [-0.1, -0.05) is 50.2 Å². The molecule has 32 heavy (non-hydrogen) atoms. The number of hydrogen-bond acceptors (Lipinski definition) is 6. The van der Waals surface area contributed by atoms with E-state index in [4.69, 9.17) is 10.1 Å². The molecule has 8 heteroatoms. The SMILES string of the molecule is Cc1ccccc1-c1nc2n(n1)C(c1ccccc1[N+](=O)[O-])C1=C(CC(C)(C)CC1=O)N2. The number of Topliss-reactive ketones (excluding diaryl/α,β-unsaturated/α-hetero) is 1. The van der Waals surface area contributed by atoms with E-state index in [-0.39, 0.29) is 16.9 Å². The number of allylic oxidation sites excluding steroid dienone is 2. The number of nitrogens with zero attached hydrogens (tertiary/aromatic N) is 4. The van der Waals surface area contributed by atoms with Gasteiger partial charge >= 0.3 is 0 Å². The molecule has 2 heterocycles. The Balaban J connectivity index is 1.75. The van der Waals surface area contributed by atoms with Gasteiger partial charge in [0.25, 0.3) is 5.69 Å². The molecule has 162 valence electrons. The lowest BCUT2D eigenvalue weighted by Gasteiger charge is -2.38. The molecule has 1 aliphatic heterocycles. The fourth-order valence-electron chi connectivity index (χ4n) is 4.72. The van der Waals surface area contributed by atoms with E-state index in [1.165, 1.54) is 6.07 Å². The first-order chi connectivity index (χ1) is 15.2. The van der Waals surface area contributed by atoms with E-state index >= 15 is 0 Å². The summed E-state index contributed by atoms with van der Waals surface area (Å²) in [7, 11) is 0. The van der Waals surface area contributed by atoms with Crippen LogP contribution in [0.4, 0.5) is 11.6 Å². The molecule has 0 bridgehead atoms. The van der Waals surface area contributed by atoms with Crippen molar-refractivity contribution in [1.29, 1.82) is 0 Å². The summed E-state index contributed by atoms with van der Waals surface area (Å²) in [6.07, 6.45) is 1.02. The van der Waals surface area contributed by atoms with E-state index in [0.29, 0.717) is 35.8 Å². The van der Waals surface area contributed by atoms with Crippen molar-refractivity contribution in [3.63, 3.8) is 0 Å². The number of nitro benzene ring substituents is 1. The fourth-order valence-corrected chi connectivity index (χ4v) is 4.72.